The molecule has 0 saturated heterocycles. The normalized spacial score (nSPS) is 18.3. The fraction of sp³-hybridized carbons (Fsp3) is 0.471. The van der Waals surface area contributed by atoms with Gasteiger partial charge in [-0.05, 0) is 24.6 Å². The molecule has 0 bridgehead atoms. The van der Waals surface area contributed by atoms with Crippen LogP contribution in [0.3, 0.4) is 0 Å². The molecule has 21 heavy (non-hydrogen) atoms. The number of hydrogen-bond acceptors (Lipinski definition) is 3. The summed E-state index contributed by atoms with van der Waals surface area (Å²) in [5.41, 5.74) is 1.29. The van der Waals surface area contributed by atoms with Crippen LogP contribution in [0.5, 0.6) is 5.75 Å². The number of para-hydroxylation sites is 1. The smallest absolute Gasteiger partial charge is 0.129 e. The molecule has 1 aliphatic heterocycles. The highest BCUT2D eigenvalue weighted by atomic mass is 16.5. The van der Waals surface area contributed by atoms with Gasteiger partial charge in [-0.1, -0.05) is 32.0 Å². The highest BCUT2D eigenvalue weighted by Gasteiger charge is 2.33. The van der Waals surface area contributed by atoms with Crippen LogP contribution in [0.2, 0.25) is 0 Å². The zero-order chi connectivity index (χ0) is 14.7. The maximum Gasteiger partial charge on any atom is 0.129 e. The number of likely N-dealkylation sites (N-methyl/N-ethyl adjacent to an activating group) is 1. The highest BCUT2D eigenvalue weighted by Crippen LogP contribution is 2.33. The van der Waals surface area contributed by atoms with Crippen molar-refractivity contribution in [3.05, 3.63) is 48.0 Å². The first-order valence-corrected chi connectivity index (χ1v) is 7.82. The lowest BCUT2D eigenvalue weighted by Gasteiger charge is -2.24. The Kier molecular flexibility index (Phi) is 4.25. The van der Waals surface area contributed by atoms with Gasteiger partial charge in [0.15, 0.2) is 0 Å². The summed E-state index contributed by atoms with van der Waals surface area (Å²) >= 11 is 0. The second-order valence-corrected chi connectivity index (χ2v) is 5.48. The van der Waals surface area contributed by atoms with Gasteiger partial charge in [0.1, 0.15) is 23.7 Å². The molecule has 0 saturated carbocycles. The third-order valence-electron chi connectivity index (χ3n) is 3.96. The van der Waals surface area contributed by atoms with Gasteiger partial charge in [-0.3, -0.25) is 0 Å². The van der Waals surface area contributed by atoms with Gasteiger partial charge in [0.05, 0.1) is 0 Å². The molecule has 2 unspecified atom stereocenters. The SMILES string of the molecule is CCCn1ccnc1C(NCC)C1Cc2ccccc2O1. The molecule has 0 fully saturated rings. The molecule has 1 aliphatic rings. The minimum atomic E-state index is 0.111. The molecule has 2 aromatic rings. The van der Waals surface area contributed by atoms with Crippen molar-refractivity contribution in [2.45, 2.75) is 45.4 Å². The summed E-state index contributed by atoms with van der Waals surface area (Å²) in [6.07, 6.45) is 6.10. The topological polar surface area (TPSA) is 39.1 Å². The average Bonchev–Trinajstić information content (AvgIpc) is 3.11. The molecular formula is C17H23N3O. The Morgan fingerprint density at radius 1 is 1.38 bits per heavy atom. The van der Waals surface area contributed by atoms with Crippen LogP contribution in [-0.4, -0.2) is 22.2 Å². The van der Waals surface area contributed by atoms with E-state index in [1.54, 1.807) is 0 Å². The lowest BCUT2D eigenvalue weighted by Crippen LogP contribution is -2.36. The van der Waals surface area contributed by atoms with Gasteiger partial charge >= 0.3 is 0 Å². The molecule has 1 N–H and O–H groups in total. The van der Waals surface area contributed by atoms with Crippen molar-refractivity contribution in [3.63, 3.8) is 0 Å². The number of aromatic nitrogens is 2. The van der Waals surface area contributed by atoms with Gasteiger partial charge < -0.3 is 14.6 Å². The van der Waals surface area contributed by atoms with Crippen molar-refractivity contribution in [1.29, 1.82) is 0 Å². The Hall–Kier alpha value is -1.81. The van der Waals surface area contributed by atoms with Crippen LogP contribution in [0.25, 0.3) is 0 Å². The quantitative estimate of drug-likeness (QED) is 0.887. The maximum absolute atomic E-state index is 6.16. The number of ether oxygens (including phenoxy) is 1. The minimum absolute atomic E-state index is 0.111. The van der Waals surface area contributed by atoms with E-state index in [1.807, 2.05) is 12.3 Å². The molecule has 112 valence electrons. The highest BCUT2D eigenvalue weighted by molar-refractivity contribution is 5.38. The first-order valence-electron chi connectivity index (χ1n) is 7.82. The monoisotopic (exact) mass is 285 g/mol. The molecule has 0 amide bonds. The van der Waals surface area contributed by atoms with Crippen LogP contribution in [0.4, 0.5) is 0 Å². The van der Waals surface area contributed by atoms with Crippen molar-refractivity contribution in [2.24, 2.45) is 0 Å². The minimum Gasteiger partial charge on any atom is -0.488 e. The molecule has 0 spiro atoms. The van der Waals surface area contributed by atoms with E-state index in [0.29, 0.717) is 0 Å². The third-order valence-corrected chi connectivity index (χ3v) is 3.96. The Balaban J connectivity index is 1.84. The molecule has 0 aliphatic carbocycles. The van der Waals surface area contributed by atoms with Gasteiger partial charge in [-0.25, -0.2) is 4.98 Å². The second kappa shape index (κ2) is 6.31. The van der Waals surface area contributed by atoms with E-state index < -0.39 is 0 Å². The molecular weight excluding hydrogens is 262 g/mol. The van der Waals surface area contributed by atoms with Crippen molar-refractivity contribution >= 4 is 0 Å². The van der Waals surface area contributed by atoms with Gasteiger partial charge in [-0.15, -0.1) is 0 Å². The van der Waals surface area contributed by atoms with Crippen LogP contribution in [0.15, 0.2) is 36.7 Å². The largest absolute Gasteiger partial charge is 0.488 e. The number of nitrogens with zero attached hydrogens (tertiary/aromatic N) is 2. The first-order chi connectivity index (χ1) is 10.3. The van der Waals surface area contributed by atoms with E-state index in [-0.39, 0.29) is 12.1 Å². The van der Waals surface area contributed by atoms with E-state index in [1.165, 1.54) is 5.56 Å². The number of imidazole rings is 1. The Morgan fingerprint density at radius 3 is 3.00 bits per heavy atom. The fourth-order valence-corrected chi connectivity index (χ4v) is 3.03. The van der Waals surface area contributed by atoms with E-state index in [2.05, 4.69) is 53.1 Å². The van der Waals surface area contributed by atoms with Crippen LogP contribution in [-0.2, 0) is 13.0 Å². The van der Waals surface area contributed by atoms with Gasteiger partial charge in [0.2, 0.25) is 0 Å². The molecule has 3 rings (SSSR count). The molecule has 4 nitrogen and oxygen atoms in total. The second-order valence-electron chi connectivity index (χ2n) is 5.48. The van der Waals surface area contributed by atoms with Gasteiger partial charge in [0, 0.05) is 25.4 Å². The predicted molar refractivity (Wildman–Crippen MR) is 83.5 cm³/mol. The average molecular weight is 285 g/mol. The van der Waals surface area contributed by atoms with Crippen molar-refractivity contribution < 1.29 is 4.74 Å². The summed E-state index contributed by atoms with van der Waals surface area (Å²) < 4.78 is 8.40. The summed E-state index contributed by atoms with van der Waals surface area (Å²) in [6.45, 7) is 6.22. The van der Waals surface area contributed by atoms with Crippen molar-refractivity contribution in [1.82, 2.24) is 14.9 Å². The fourth-order valence-electron chi connectivity index (χ4n) is 3.03. The first kappa shape index (κ1) is 14.1. The summed E-state index contributed by atoms with van der Waals surface area (Å²) in [6, 6.07) is 8.43. The Morgan fingerprint density at radius 2 is 2.24 bits per heavy atom. The Labute approximate surface area is 126 Å². The summed E-state index contributed by atoms with van der Waals surface area (Å²) in [5.74, 6) is 2.09. The number of fused-ring (bicyclic) bond motifs is 1. The van der Waals surface area contributed by atoms with E-state index in [0.717, 1.165) is 37.5 Å². The summed E-state index contributed by atoms with van der Waals surface area (Å²) in [7, 11) is 0. The van der Waals surface area contributed by atoms with Gasteiger partial charge in [-0.2, -0.15) is 0 Å². The number of hydrogen-bond donors (Lipinski definition) is 1. The molecule has 2 atom stereocenters. The third kappa shape index (κ3) is 2.81. The van der Waals surface area contributed by atoms with E-state index >= 15 is 0 Å². The molecule has 4 heteroatoms. The molecule has 1 aromatic carbocycles. The van der Waals surface area contributed by atoms with Crippen LogP contribution >= 0.6 is 0 Å². The number of aryl methyl sites for hydroxylation is 1. The standard InChI is InChI=1S/C17H23N3O/c1-3-10-20-11-9-19-17(20)16(18-4-2)15-12-13-7-5-6-8-14(13)21-15/h5-9,11,15-16,18H,3-4,10,12H2,1-2H3. The zero-order valence-electron chi connectivity index (χ0n) is 12.7. The van der Waals surface area contributed by atoms with Gasteiger partial charge in [0.25, 0.3) is 0 Å². The molecule has 1 aromatic heterocycles. The van der Waals surface area contributed by atoms with E-state index in [9.17, 15) is 0 Å². The molecule has 2 heterocycles. The molecule has 0 radical (unpaired) electrons. The maximum atomic E-state index is 6.16. The summed E-state index contributed by atoms with van der Waals surface area (Å²) in [5, 5.41) is 3.55. The summed E-state index contributed by atoms with van der Waals surface area (Å²) in [4.78, 5) is 4.58. The number of benzene rings is 1. The van der Waals surface area contributed by atoms with Crippen LogP contribution in [0, 0.1) is 0 Å². The lowest BCUT2D eigenvalue weighted by molar-refractivity contribution is 0.172. The lowest BCUT2D eigenvalue weighted by atomic mass is 10.0. The zero-order valence-corrected chi connectivity index (χ0v) is 12.7. The predicted octanol–water partition coefficient (Wildman–Crippen LogP) is 2.95. The van der Waals surface area contributed by atoms with E-state index in [4.69, 9.17) is 4.74 Å². The van der Waals surface area contributed by atoms with Crippen LogP contribution < -0.4 is 10.1 Å². The van der Waals surface area contributed by atoms with Crippen LogP contribution in [0.1, 0.15) is 37.7 Å². The number of nitrogens with one attached hydrogen (secondary N) is 1. The Bertz CT molecular complexity index is 568. The number of rotatable bonds is 6. The van der Waals surface area contributed by atoms with Crippen molar-refractivity contribution in [2.75, 3.05) is 6.54 Å². The van der Waals surface area contributed by atoms with Crippen molar-refractivity contribution in [3.8, 4) is 5.75 Å².